The number of likely N-dealkylation sites (N-methyl/N-ethyl adjacent to an activating group) is 1. The average Bonchev–Trinajstić information content (AvgIpc) is 1.97. The van der Waals surface area contributed by atoms with Gasteiger partial charge in [0.15, 0.2) is 0 Å². The summed E-state index contributed by atoms with van der Waals surface area (Å²) >= 11 is 4.05. The van der Waals surface area contributed by atoms with Gasteiger partial charge in [0, 0.05) is 25.7 Å². The van der Waals surface area contributed by atoms with Crippen LogP contribution < -0.4 is 11.1 Å². The summed E-state index contributed by atoms with van der Waals surface area (Å²) in [5, 5.41) is 3.32. The van der Waals surface area contributed by atoms with E-state index in [2.05, 4.69) is 42.1 Å². The maximum Gasteiger partial charge on any atom is 0.0588 e. The number of thiocarbonyl (C=S) groups is 1. The number of nitrogens with two attached hydrogens (primary N) is 1. The van der Waals surface area contributed by atoms with Gasteiger partial charge < -0.3 is 16.0 Å². The van der Waals surface area contributed by atoms with E-state index in [4.69, 9.17) is 0 Å². The first kappa shape index (κ1) is 10.8. The van der Waals surface area contributed by atoms with Gasteiger partial charge in [-0.25, -0.2) is 0 Å². The number of nitrogens with one attached hydrogen (secondary N) is 1. The molecule has 4 heteroatoms. The van der Waals surface area contributed by atoms with Crippen LogP contribution in [0.25, 0.3) is 0 Å². The predicted molar refractivity (Wildman–Crippen MR) is 52.8 cm³/mol. The Morgan fingerprint density at radius 1 is 1.73 bits per heavy atom. The summed E-state index contributed by atoms with van der Waals surface area (Å²) in [6, 6.07) is 0.726. The molecule has 66 valence electrons. The molecular weight excluding hydrogens is 158 g/mol. The van der Waals surface area contributed by atoms with Crippen molar-refractivity contribution in [1.29, 1.82) is 0 Å². The van der Waals surface area contributed by atoms with Crippen molar-refractivity contribution in [3.8, 4) is 0 Å². The van der Waals surface area contributed by atoms with E-state index < -0.39 is 0 Å². The van der Waals surface area contributed by atoms with Gasteiger partial charge in [0.1, 0.15) is 0 Å². The molecule has 0 aromatic heterocycles. The van der Waals surface area contributed by atoms with Crippen LogP contribution in [0.15, 0.2) is 0 Å². The van der Waals surface area contributed by atoms with Crippen molar-refractivity contribution in [2.75, 3.05) is 26.7 Å². The van der Waals surface area contributed by atoms with Crippen LogP contribution in [0.4, 0.5) is 0 Å². The number of piperazine rings is 1. The zero-order chi connectivity index (χ0) is 8.69. The van der Waals surface area contributed by atoms with Crippen LogP contribution in [0.3, 0.4) is 0 Å². The van der Waals surface area contributed by atoms with E-state index in [0.29, 0.717) is 0 Å². The third-order valence-electron chi connectivity index (χ3n) is 1.83. The van der Waals surface area contributed by atoms with Crippen molar-refractivity contribution >= 4 is 17.7 Å². The highest BCUT2D eigenvalue weighted by Crippen LogP contribution is 1.95. The molecule has 1 saturated heterocycles. The fourth-order valence-corrected chi connectivity index (χ4v) is 0.943. The van der Waals surface area contributed by atoms with Crippen LogP contribution in [0.1, 0.15) is 6.92 Å². The molecular formula is C7H17N3S. The molecule has 11 heavy (non-hydrogen) atoms. The van der Waals surface area contributed by atoms with E-state index in [1.165, 1.54) is 6.54 Å². The Hall–Kier alpha value is -0.190. The molecule has 3 nitrogen and oxygen atoms in total. The van der Waals surface area contributed by atoms with Crippen molar-refractivity contribution in [2.24, 2.45) is 5.73 Å². The molecule has 0 radical (unpaired) electrons. The third-order valence-corrected chi connectivity index (χ3v) is 1.83. The Morgan fingerprint density at radius 2 is 2.27 bits per heavy atom. The van der Waals surface area contributed by atoms with Crippen molar-refractivity contribution in [2.45, 2.75) is 13.0 Å². The molecule has 3 N–H and O–H groups in total. The average molecular weight is 175 g/mol. The van der Waals surface area contributed by atoms with E-state index >= 15 is 0 Å². The van der Waals surface area contributed by atoms with Gasteiger partial charge in [-0.05, 0) is 14.0 Å². The molecule has 1 atom stereocenters. The summed E-state index contributed by atoms with van der Waals surface area (Å²) in [6.07, 6.45) is 0. The first-order valence-electron chi connectivity index (χ1n) is 3.78. The second-order valence-corrected chi connectivity index (χ2v) is 2.94. The molecule has 0 amide bonds. The Bertz CT molecular complexity index is 97.9. The zero-order valence-corrected chi connectivity index (χ0v) is 8.03. The maximum atomic E-state index is 4.54. The lowest BCUT2D eigenvalue weighted by atomic mass is 10.2. The van der Waals surface area contributed by atoms with Gasteiger partial charge in [-0.15, -0.1) is 0 Å². The Kier molecular flexibility index (Phi) is 6.40. The van der Waals surface area contributed by atoms with Gasteiger partial charge in [-0.1, -0.05) is 12.2 Å². The number of hydrogen-bond acceptors (Lipinski definition) is 3. The molecule has 0 aliphatic carbocycles. The highest BCUT2D eigenvalue weighted by Gasteiger charge is 2.11. The van der Waals surface area contributed by atoms with Crippen molar-refractivity contribution < 1.29 is 0 Å². The molecule has 0 aromatic rings. The lowest BCUT2D eigenvalue weighted by Crippen LogP contribution is -2.47. The lowest BCUT2D eigenvalue weighted by Gasteiger charge is -2.29. The van der Waals surface area contributed by atoms with E-state index in [1.54, 1.807) is 0 Å². The topological polar surface area (TPSA) is 41.3 Å². The fourth-order valence-electron chi connectivity index (χ4n) is 0.943. The maximum absolute atomic E-state index is 4.54. The normalized spacial score (nSPS) is 25.1. The minimum absolute atomic E-state index is 0.726. The van der Waals surface area contributed by atoms with Crippen LogP contribution >= 0.6 is 12.2 Å². The SMILES string of the molecule is CC1CNCCN1C.NC=S. The third kappa shape index (κ3) is 5.12. The van der Waals surface area contributed by atoms with E-state index in [0.717, 1.165) is 24.6 Å². The summed E-state index contributed by atoms with van der Waals surface area (Å²) in [4.78, 5) is 2.37. The zero-order valence-electron chi connectivity index (χ0n) is 7.21. The van der Waals surface area contributed by atoms with Crippen molar-refractivity contribution in [3.05, 3.63) is 0 Å². The van der Waals surface area contributed by atoms with Gasteiger partial charge in [-0.2, -0.15) is 0 Å². The van der Waals surface area contributed by atoms with Crippen LogP contribution in [0.5, 0.6) is 0 Å². The molecule has 1 rings (SSSR count). The monoisotopic (exact) mass is 175 g/mol. The summed E-state index contributed by atoms with van der Waals surface area (Å²) < 4.78 is 0. The molecule has 1 fully saturated rings. The molecule has 1 aliphatic heterocycles. The molecule has 1 heterocycles. The molecule has 1 aliphatic rings. The van der Waals surface area contributed by atoms with E-state index in [1.807, 2.05) is 0 Å². The molecule has 0 aromatic carbocycles. The largest absolute Gasteiger partial charge is 0.396 e. The Balaban J connectivity index is 0.000000292. The summed E-state index contributed by atoms with van der Waals surface area (Å²) in [5.74, 6) is 0. The Morgan fingerprint density at radius 3 is 2.55 bits per heavy atom. The van der Waals surface area contributed by atoms with Gasteiger partial charge in [0.05, 0.1) is 5.49 Å². The Labute approximate surface area is 73.9 Å². The van der Waals surface area contributed by atoms with E-state index in [9.17, 15) is 0 Å². The summed E-state index contributed by atoms with van der Waals surface area (Å²) in [7, 11) is 2.17. The number of hydrogen-bond donors (Lipinski definition) is 2. The standard InChI is InChI=1S/C6H14N2.CH3NS/c1-6-5-7-3-4-8(6)2;2-1-3/h6-7H,3-5H2,1-2H3;1H,(H2,2,3). The van der Waals surface area contributed by atoms with Crippen LogP contribution in [0, 0.1) is 0 Å². The van der Waals surface area contributed by atoms with Crippen molar-refractivity contribution in [1.82, 2.24) is 10.2 Å². The van der Waals surface area contributed by atoms with Gasteiger partial charge in [0.25, 0.3) is 0 Å². The number of nitrogens with zero attached hydrogens (tertiary/aromatic N) is 1. The van der Waals surface area contributed by atoms with Crippen LogP contribution in [-0.4, -0.2) is 43.1 Å². The highest BCUT2D eigenvalue weighted by atomic mass is 32.1. The molecule has 1 unspecified atom stereocenters. The van der Waals surface area contributed by atoms with Crippen LogP contribution in [-0.2, 0) is 0 Å². The van der Waals surface area contributed by atoms with Crippen LogP contribution in [0.2, 0.25) is 0 Å². The molecule has 0 spiro atoms. The fraction of sp³-hybridized carbons (Fsp3) is 0.857. The lowest BCUT2D eigenvalue weighted by molar-refractivity contribution is 0.215. The molecule has 0 saturated carbocycles. The van der Waals surface area contributed by atoms with Gasteiger partial charge in [-0.3, -0.25) is 0 Å². The van der Waals surface area contributed by atoms with Gasteiger partial charge in [0.2, 0.25) is 0 Å². The van der Waals surface area contributed by atoms with Gasteiger partial charge >= 0.3 is 0 Å². The predicted octanol–water partition coefficient (Wildman–Crippen LogP) is -0.188. The minimum atomic E-state index is 0.726. The quantitative estimate of drug-likeness (QED) is 0.501. The van der Waals surface area contributed by atoms with Crippen molar-refractivity contribution in [3.63, 3.8) is 0 Å². The summed E-state index contributed by atoms with van der Waals surface area (Å²) in [5.41, 5.74) is 5.62. The first-order valence-corrected chi connectivity index (χ1v) is 4.25. The second kappa shape index (κ2) is 6.52. The minimum Gasteiger partial charge on any atom is -0.396 e. The molecule has 0 bridgehead atoms. The second-order valence-electron chi connectivity index (χ2n) is 2.67. The smallest absolute Gasteiger partial charge is 0.0588 e. The van der Waals surface area contributed by atoms with E-state index in [-0.39, 0.29) is 0 Å². The number of rotatable bonds is 0. The highest BCUT2D eigenvalue weighted by molar-refractivity contribution is 7.78. The summed E-state index contributed by atoms with van der Waals surface area (Å²) in [6.45, 7) is 5.74. The first-order chi connectivity index (χ1) is 5.22.